The van der Waals surface area contributed by atoms with Crippen LogP contribution in [0.15, 0.2) is 0 Å². The number of nitrogens with one attached hydrogen (secondary N) is 1. The Bertz CT molecular complexity index is 285. The molecule has 0 radical (unpaired) electrons. The van der Waals surface area contributed by atoms with Crippen LogP contribution in [0.5, 0.6) is 0 Å². The molecule has 0 aromatic heterocycles. The number of carbonyl (C=O) groups is 2. The van der Waals surface area contributed by atoms with Crippen molar-refractivity contribution < 1.29 is 19.4 Å². The highest BCUT2D eigenvalue weighted by molar-refractivity contribution is 5.85. The molecule has 0 aromatic carbocycles. The predicted octanol–water partition coefficient (Wildman–Crippen LogP) is 1.70. The van der Waals surface area contributed by atoms with Crippen molar-refractivity contribution in [1.82, 2.24) is 5.32 Å². The normalized spacial score (nSPS) is 20.8. The molecule has 18 heavy (non-hydrogen) atoms. The largest absolute Gasteiger partial charge is 0.480 e. The van der Waals surface area contributed by atoms with Gasteiger partial charge in [0.1, 0.15) is 12.1 Å². The molecule has 0 aliphatic heterocycles. The smallest absolute Gasteiger partial charge is 0.325 e. The zero-order valence-corrected chi connectivity index (χ0v) is 11.1. The SMILES string of the molecule is CC(OC1CCCCCC1)C(=O)N[C@H](C)C(=O)O. The second-order valence-corrected chi connectivity index (χ2v) is 4.96. The van der Waals surface area contributed by atoms with Crippen LogP contribution in [0, 0.1) is 0 Å². The molecule has 0 aromatic rings. The summed E-state index contributed by atoms with van der Waals surface area (Å²) in [6.07, 6.45) is 6.28. The first-order valence-corrected chi connectivity index (χ1v) is 6.69. The van der Waals surface area contributed by atoms with Gasteiger partial charge < -0.3 is 15.2 Å². The Morgan fingerprint density at radius 2 is 1.72 bits per heavy atom. The molecule has 1 amide bonds. The lowest BCUT2D eigenvalue weighted by Gasteiger charge is -2.21. The summed E-state index contributed by atoms with van der Waals surface area (Å²) in [5, 5.41) is 11.1. The maximum Gasteiger partial charge on any atom is 0.325 e. The molecule has 0 heterocycles. The molecule has 0 saturated heterocycles. The van der Waals surface area contributed by atoms with Crippen molar-refractivity contribution in [1.29, 1.82) is 0 Å². The molecule has 5 nitrogen and oxygen atoms in total. The van der Waals surface area contributed by atoms with E-state index in [2.05, 4.69) is 5.32 Å². The summed E-state index contributed by atoms with van der Waals surface area (Å²) in [5.41, 5.74) is 0. The summed E-state index contributed by atoms with van der Waals surface area (Å²) >= 11 is 0. The summed E-state index contributed by atoms with van der Waals surface area (Å²) in [7, 11) is 0. The molecule has 1 unspecified atom stereocenters. The molecule has 5 heteroatoms. The number of carboxylic acids is 1. The Balaban J connectivity index is 2.36. The topological polar surface area (TPSA) is 75.6 Å². The quantitative estimate of drug-likeness (QED) is 0.735. The fourth-order valence-corrected chi connectivity index (χ4v) is 2.12. The van der Waals surface area contributed by atoms with Gasteiger partial charge in [0.2, 0.25) is 5.91 Å². The van der Waals surface area contributed by atoms with Gasteiger partial charge in [0.25, 0.3) is 0 Å². The average molecular weight is 257 g/mol. The lowest BCUT2D eigenvalue weighted by molar-refractivity contribution is -0.144. The maximum atomic E-state index is 11.7. The lowest BCUT2D eigenvalue weighted by atomic mass is 10.1. The molecule has 1 rings (SSSR count). The molecule has 2 atom stereocenters. The summed E-state index contributed by atoms with van der Waals surface area (Å²) in [6.45, 7) is 3.12. The third-order valence-electron chi connectivity index (χ3n) is 3.30. The van der Waals surface area contributed by atoms with Crippen LogP contribution in [0.2, 0.25) is 0 Å². The van der Waals surface area contributed by atoms with Crippen molar-refractivity contribution in [2.45, 2.75) is 70.6 Å². The van der Waals surface area contributed by atoms with Crippen LogP contribution in [0.1, 0.15) is 52.4 Å². The van der Waals surface area contributed by atoms with Crippen LogP contribution in [0.25, 0.3) is 0 Å². The van der Waals surface area contributed by atoms with E-state index in [-0.39, 0.29) is 12.0 Å². The Morgan fingerprint density at radius 3 is 2.22 bits per heavy atom. The zero-order valence-electron chi connectivity index (χ0n) is 11.1. The second kappa shape index (κ2) is 7.36. The van der Waals surface area contributed by atoms with E-state index in [1.54, 1.807) is 6.92 Å². The number of ether oxygens (including phenoxy) is 1. The van der Waals surface area contributed by atoms with Gasteiger partial charge in [-0.3, -0.25) is 9.59 Å². The fraction of sp³-hybridized carbons (Fsp3) is 0.846. The Morgan fingerprint density at radius 1 is 1.17 bits per heavy atom. The van der Waals surface area contributed by atoms with Crippen LogP contribution in [-0.2, 0) is 14.3 Å². The highest BCUT2D eigenvalue weighted by Gasteiger charge is 2.23. The minimum atomic E-state index is -1.04. The fourth-order valence-electron chi connectivity index (χ4n) is 2.12. The van der Waals surface area contributed by atoms with Gasteiger partial charge in [-0.25, -0.2) is 0 Å². The Hall–Kier alpha value is -1.10. The van der Waals surface area contributed by atoms with Crippen LogP contribution in [0.4, 0.5) is 0 Å². The summed E-state index contributed by atoms with van der Waals surface area (Å²) in [5.74, 6) is -1.39. The first-order chi connectivity index (χ1) is 8.50. The van der Waals surface area contributed by atoms with E-state index in [0.29, 0.717) is 0 Å². The number of amides is 1. The van der Waals surface area contributed by atoms with Crippen LogP contribution in [0.3, 0.4) is 0 Å². The van der Waals surface area contributed by atoms with Crippen LogP contribution < -0.4 is 5.32 Å². The van der Waals surface area contributed by atoms with Gasteiger partial charge in [0, 0.05) is 0 Å². The molecule has 0 spiro atoms. The molecule has 104 valence electrons. The number of hydrogen-bond donors (Lipinski definition) is 2. The molecule has 0 bridgehead atoms. The number of carbonyl (C=O) groups excluding carboxylic acids is 1. The number of rotatable bonds is 5. The summed E-state index contributed by atoms with van der Waals surface area (Å²) < 4.78 is 5.71. The number of hydrogen-bond acceptors (Lipinski definition) is 3. The van der Waals surface area contributed by atoms with Crippen molar-refractivity contribution in [2.75, 3.05) is 0 Å². The highest BCUT2D eigenvalue weighted by Crippen LogP contribution is 2.20. The molecule has 1 fully saturated rings. The summed E-state index contributed by atoms with van der Waals surface area (Å²) in [4.78, 5) is 22.4. The zero-order chi connectivity index (χ0) is 13.5. The summed E-state index contributed by atoms with van der Waals surface area (Å²) in [6, 6.07) is -0.877. The monoisotopic (exact) mass is 257 g/mol. The van der Waals surface area contributed by atoms with Crippen LogP contribution in [-0.4, -0.2) is 35.2 Å². The first-order valence-electron chi connectivity index (χ1n) is 6.69. The predicted molar refractivity (Wildman–Crippen MR) is 67.3 cm³/mol. The molecule has 1 aliphatic carbocycles. The van der Waals surface area contributed by atoms with E-state index in [1.807, 2.05) is 0 Å². The van der Waals surface area contributed by atoms with Gasteiger partial charge in [-0.15, -0.1) is 0 Å². The van der Waals surface area contributed by atoms with Gasteiger partial charge in [-0.05, 0) is 26.7 Å². The van der Waals surface area contributed by atoms with Gasteiger partial charge in [-0.2, -0.15) is 0 Å². The van der Waals surface area contributed by atoms with Crippen molar-refractivity contribution in [3.63, 3.8) is 0 Å². The highest BCUT2D eigenvalue weighted by atomic mass is 16.5. The van der Waals surface area contributed by atoms with E-state index in [9.17, 15) is 9.59 Å². The second-order valence-electron chi connectivity index (χ2n) is 4.96. The van der Waals surface area contributed by atoms with Gasteiger partial charge in [-0.1, -0.05) is 25.7 Å². The van der Waals surface area contributed by atoms with E-state index in [1.165, 1.54) is 19.8 Å². The van der Waals surface area contributed by atoms with Crippen molar-refractivity contribution in [3.05, 3.63) is 0 Å². The molecule has 1 saturated carbocycles. The van der Waals surface area contributed by atoms with E-state index >= 15 is 0 Å². The molecule has 1 aliphatic rings. The molecular formula is C13H23NO4. The average Bonchev–Trinajstić information content (AvgIpc) is 2.57. The maximum absolute atomic E-state index is 11.7. The molecule has 2 N–H and O–H groups in total. The first kappa shape index (κ1) is 15.0. The lowest BCUT2D eigenvalue weighted by Crippen LogP contribution is -2.44. The minimum absolute atomic E-state index is 0.133. The van der Waals surface area contributed by atoms with Crippen molar-refractivity contribution >= 4 is 11.9 Å². The third kappa shape index (κ3) is 5.04. The standard InChI is InChI=1S/C13H23NO4/c1-9(13(16)17)14-12(15)10(2)18-11-7-5-3-4-6-8-11/h9-11H,3-8H2,1-2H3,(H,14,15)(H,16,17)/t9-,10?/m1/s1. The number of aliphatic carboxylic acids is 1. The van der Waals surface area contributed by atoms with Crippen molar-refractivity contribution in [2.24, 2.45) is 0 Å². The van der Waals surface area contributed by atoms with E-state index < -0.39 is 18.1 Å². The molecular weight excluding hydrogens is 234 g/mol. The minimum Gasteiger partial charge on any atom is -0.480 e. The Labute approximate surface area is 108 Å². The van der Waals surface area contributed by atoms with E-state index in [4.69, 9.17) is 9.84 Å². The Kier molecular flexibility index (Phi) is 6.12. The van der Waals surface area contributed by atoms with Gasteiger partial charge >= 0.3 is 5.97 Å². The third-order valence-corrected chi connectivity index (χ3v) is 3.30. The van der Waals surface area contributed by atoms with Gasteiger partial charge in [0.05, 0.1) is 6.10 Å². The van der Waals surface area contributed by atoms with Crippen LogP contribution >= 0.6 is 0 Å². The number of carboxylic acid groups (broad SMARTS) is 1. The van der Waals surface area contributed by atoms with Crippen molar-refractivity contribution in [3.8, 4) is 0 Å². The van der Waals surface area contributed by atoms with E-state index in [0.717, 1.165) is 25.7 Å². The van der Waals surface area contributed by atoms with Gasteiger partial charge in [0.15, 0.2) is 0 Å².